The molecule has 1 saturated heterocycles. The van der Waals surface area contributed by atoms with Crippen LogP contribution in [0.5, 0.6) is 0 Å². The fourth-order valence-electron chi connectivity index (χ4n) is 2.63. The lowest BCUT2D eigenvalue weighted by Gasteiger charge is -2.25. The summed E-state index contributed by atoms with van der Waals surface area (Å²) in [6.07, 6.45) is 1.20. The van der Waals surface area contributed by atoms with Gasteiger partial charge in [0.05, 0.1) is 4.88 Å². The van der Waals surface area contributed by atoms with Gasteiger partial charge in [-0.2, -0.15) is 16.7 Å². The Kier molecular flexibility index (Phi) is 3.41. The molecule has 2 aliphatic rings. The molecular formula is C13H17N5S2. The zero-order chi connectivity index (χ0) is 13.4. The Bertz CT molecular complexity index is 576. The van der Waals surface area contributed by atoms with Crippen LogP contribution in [0.2, 0.25) is 0 Å². The van der Waals surface area contributed by atoms with Crippen molar-refractivity contribution in [3.8, 4) is 10.7 Å². The molecule has 20 heavy (non-hydrogen) atoms. The van der Waals surface area contributed by atoms with E-state index in [0.717, 1.165) is 43.7 Å². The van der Waals surface area contributed by atoms with Gasteiger partial charge < -0.3 is 10.2 Å². The van der Waals surface area contributed by atoms with E-state index in [9.17, 15) is 0 Å². The predicted octanol–water partition coefficient (Wildman–Crippen LogP) is 1.73. The third-order valence-electron chi connectivity index (χ3n) is 3.73. The molecule has 2 aliphatic heterocycles. The summed E-state index contributed by atoms with van der Waals surface area (Å²) in [7, 11) is 0. The van der Waals surface area contributed by atoms with Gasteiger partial charge in [0.2, 0.25) is 5.95 Å². The molecule has 0 amide bonds. The topological polar surface area (TPSA) is 56.8 Å². The van der Waals surface area contributed by atoms with E-state index in [1.54, 1.807) is 0 Å². The molecule has 7 heteroatoms. The van der Waals surface area contributed by atoms with Crippen LogP contribution in [-0.4, -0.2) is 47.1 Å². The fourth-order valence-corrected chi connectivity index (χ4v) is 4.95. The van der Waals surface area contributed by atoms with E-state index in [1.165, 1.54) is 27.5 Å². The van der Waals surface area contributed by atoms with E-state index in [4.69, 9.17) is 0 Å². The second kappa shape index (κ2) is 5.38. The van der Waals surface area contributed by atoms with Crippen LogP contribution in [0.1, 0.15) is 10.4 Å². The van der Waals surface area contributed by atoms with E-state index >= 15 is 0 Å². The molecule has 0 saturated carbocycles. The second-order valence-electron chi connectivity index (χ2n) is 5.08. The average Bonchev–Trinajstić information content (AvgIpc) is 3.14. The summed E-state index contributed by atoms with van der Waals surface area (Å²) in [5.41, 5.74) is 1.49. The molecule has 0 radical (unpaired) electrons. The van der Waals surface area contributed by atoms with E-state index in [2.05, 4.69) is 31.5 Å². The van der Waals surface area contributed by atoms with Gasteiger partial charge in [-0.25, -0.2) is 0 Å². The van der Waals surface area contributed by atoms with Gasteiger partial charge in [0, 0.05) is 36.8 Å². The Morgan fingerprint density at radius 2 is 2.15 bits per heavy atom. The van der Waals surface area contributed by atoms with Crippen LogP contribution in [0.4, 0.5) is 5.95 Å². The van der Waals surface area contributed by atoms with Gasteiger partial charge in [0.15, 0.2) is 5.82 Å². The quantitative estimate of drug-likeness (QED) is 0.885. The third kappa shape index (κ3) is 2.34. The number of aromatic nitrogens is 3. The number of rotatable bonds is 2. The fraction of sp³-hybridized carbons (Fsp3) is 0.538. The van der Waals surface area contributed by atoms with E-state index in [-0.39, 0.29) is 0 Å². The highest BCUT2D eigenvalue weighted by atomic mass is 32.2. The number of nitrogens with one attached hydrogen (secondary N) is 2. The highest BCUT2D eigenvalue weighted by molar-refractivity contribution is 7.98. The number of hydrogen-bond donors (Lipinski definition) is 2. The molecular weight excluding hydrogens is 290 g/mol. The summed E-state index contributed by atoms with van der Waals surface area (Å²) in [6.45, 7) is 3.98. The van der Waals surface area contributed by atoms with Crippen LogP contribution < -0.4 is 10.2 Å². The summed E-state index contributed by atoms with van der Waals surface area (Å²) in [6, 6.07) is 2.29. The summed E-state index contributed by atoms with van der Waals surface area (Å²) in [5.74, 6) is 4.14. The molecule has 2 N–H and O–H groups in total. The van der Waals surface area contributed by atoms with Gasteiger partial charge >= 0.3 is 0 Å². The lowest BCUT2D eigenvalue weighted by molar-refractivity contribution is 0.580. The smallest absolute Gasteiger partial charge is 0.245 e. The number of aromatic amines is 1. The highest BCUT2D eigenvalue weighted by Gasteiger charge is 2.19. The zero-order valence-corrected chi connectivity index (χ0v) is 12.8. The van der Waals surface area contributed by atoms with Crippen molar-refractivity contribution in [3.63, 3.8) is 0 Å². The number of hydrogen-bond acceptors (Lipinski definition) is 6. The normalized spacial score (nSPS) is 19.1. The van der Waals surface area contributed by atoms with Crippen LogP contribution in [-0.2, 0) is 12.2 Å². The Labute approximate surface area is 126 Å². The number of thiophene rings is 1. The van der Waals surface area contributed by atoms with Gasteiger partial charge in [-0.15, -0.1) is 16.4 Å². The SMILES string of the molecule is c1c(-c2nc(N3CCNCC3)n[nH]2)sc2c1CSCC2. The van der Waals surface area contributed by atoms with E-state index in [0.29, 0.717) is 0 Å². The third-order valence-corrected chi connectivity index (χ3v) is 5.99. The van der Waals surface area contributed by atoms with Crippen molar-refractivity contribution >= 4 is 29.0 Å². The minimum atomic E-state index is 0.835. The first-order valence-corrected chi connectivity index (χ1v) is 8.95. The second-order valence-corrected chi connectivity index (χ2v) is 7.32. The van der Waals surface area contributed by atoms with Crippen molar-refractivity contribution in [3.05, 3.63) is 16.5 Å². The monoisotopic (exact) mass is 307 g/mol. The predicted molar refractivity (Wildman–Crippen MR) is 84.6 cm³/mol. The number of fused-ring (bicyclic) bond motifs is 1. The van der Waals surface area contributed by atoms with Crippen molar-refractivity contribution < 1.29 is 0 Å². The molecule has 0 spiro atoms. The molecule has 2 aromatic heterocycles. The maximum Gasteiger partial charge on any atom is 0.245 e. The largest absolute Gasteiger partial charge is 0.337 e. The Morgan fingerprint density at radius 3 is 3.00 bits per heavy atom. The first-order valence-electron chi connectivity index (χ1n) is 6.98. The number of thioether (sulfide) groups is 1. The molecule has 4 rings (SSSR count). The molecule has 0 bridgehead atoms. The van der Waals surface area contributed by atoms with Crippen molar-refractivity contribution in [2.45, 2.75) is 12.2 Å². The van der Waals surface area contributed by atoms with Crippen LogP contribution >= 0.6 is 23.1 Å². The van der Waals surface area contributed by atoms with Gasteiger partial charge in [-0.1, -0.05) is 0 Å². The molecule has 4 heterocycles. The summed E-state index contributed by atoms with van der Waals surface area (Å²) in [4.78, 5) is 9.67. The van der Waals surface area contributed by atoms with Crippen LogP contribution in [0.15, 0.2) is 6.07 Å². The Morgan fingerprint density at radius 1 is 1.25 bits per heavy atom. The number of piperazine rings is 1. The van der Waals surface area contributed by atoms with Crippen molar-refractivity contribution in [2.24, 2.45) is 0 Å². The lowest BCUT2D eigenvalue weighted by atomic mass is 10.2. The molecule has 106 valence electrons. The zero-order valence-electron chi connectivity index (χ0n) is 11.2. The van der Waals surface area contributed by atoms with Gasteiger partial charge in [0.25, 0.3) is 0 Å². The first kappa shape index (κ1) is 12.7. The van der Waals surface area contributed by atoms with Crippen LogP contribution in [0, 0.1) is 0 Å². The van der Waals surface area contributed by atoms with Gasteiger partial charge in [-0.3, -0.25) is 5.10 Å². The highest BCUT2D eigenvalue weighted by Crippen LogP contribution is 2.35. The van der Waals surface area contributed by atoms with E-state index in [1.807, 2.05) is 23.1 Å². The van der Waals surface area contributed by atoms with Crippen molar-refractivity contribution in [1.82, 2.24) is 20.5 Å². The first-order chi connectivity index (χ1) is 9.90. The van der Waals surface area contributed by atoms with Gasteiger partial charge in [-0.05, 0) is 23.8 Å². The van der Waals surface area contributed by atoms with Crippen LogP contribution in [0.25, 0.3) is 10.7 Å². The minimum Gasteiger partial charge on any atom is -0.337 e. The van der Waals surface area contributed by atoms with Crippen LogP contribution in [0.3, 0.4) is 0 Å². The molecule has 0 aromatic carbocycles. The van der Waals surface area contributed by atoms with E-state index < -0.39 is 0 Å². The summed E-state index contributed by atoms with van der Waals surface area (Å²) >= 11 is 3.89. The van der Waals surface area contributed by atoms with Crippen molar-refractivity contribution in [1.29, 1.82) is 0 Å². The molecule has 2 aromatic rings. The average molecular weight is 307 g/mol. The molecule has 1 fully saturated rings. The number of H-pyrrole nitrogens is 1. The number of anilines is 1. The standard InChI is InChI=1S/C13H17N5S2/c1-6-19-8-9-7-11(20-10(1)9)12-15-13(17-16-12)18-4-2-14-3-5-18/h7,14H,1-6,8H2,(H,15,16,17). The molecule has 0 aliphatic carbocycles. The number of aryl methyl sites for hydroxylation is 1. The molecule has 5 nitrogen and oxygen atoms in total. The number of nitrogens with zero attached hydrogens (tertiary/aromatic N) is 3. The van der Waals surface area contributed by atoms with Gasteiger partial charge in [0.1, 0.15) is 0 Å². The minimum absolute atomic E-state index is 0.835. The molecule has 0 unspecified atom stereocenters. The Balaban J connectivity index is 1.59. The Hall–Kier alpha value is -1.05. The summed E-state index contributed by atoms with van der Waals surface area (Å²) in [5, 5.41) is 10.8. The summed E-state index contributed by atoms with van der Waals surface area (Å²) < 4.78 is 0. The molecule has 0 atom stereocenters. The lowest BCUT2D eigenvalue weighted by Crippen LogP contribution is -2.44. The maximum absolute atomic E-state index is 4.68. The maximum atomic E-state index is 4.68. The van der Waals surface area contributed by atoms with Crippen molar-refractivity contribution in [2.75, 3.05) is 36.8 Å².